The SMILES string of the molecule is Cc1c(-c2cc(C)c3c(C)cccc3[n+]2C)cc2c(c1C)Cc1nc3ccccc3n1-2.Cc1c(-c2cc(C)c3c(C)cccc3[n+]2C)cc2c(c1C)Cc1nccn1-2.Cc1cn2c(n1)Cc1c-2cc(-c2cc(C)c3c(C)cccc3[n+]2C)c(C)c1C.[2H]C([2H])([2H])c1c(C)c(-c2cc(C)c3c(C)cccc3[n+]2C)cc2c1Cc1nc(C)cn1-2.[2H]C([2H])([2H])c1c(C)c(-c2cc(C)c3c(C)cccc3[n+]2C)cc2c1Cc1nccn1-2. The normalized spacial score (nSPS) is 13.3. The van der Waals surface area contributed by atoms with Crippen LogP contribution in [0.1, 0.15) is 188 Å². The highest BCUT2D eigenvalue weighted by Crippen LogP contribution is 2.46. The van der Waals surface area contributed by atoms with Crippen LogP contribution in [0.25, 0.3) is 150 Å². The van der Waals surface area contributed by atoms with E-state index in [1.54, 1.807) is 6.20 Å². The van der Waals surface area contributed by atoms with E-state index in [0.29, 0.717) is 24.0 Å². The molecule has 0 aliphatic carbocycles. The first-order valence-corrected chi connectivity index (χ1v) is 49.4. The molecule has 0 saturated carbocycles. The van der Waals surface area contributed by atoms with Crippen LogP contribution in [0.4, 0.5) is 0 Å². The largest absolute Gasteiger partial charge is 0.303 e. The molecular weight excluding hydrogens is 1720 g/mol. The van der Waals surface area contributed by atoms with Crippen LogP contribution in [-0.2, 0) is 67.3 Å². The number of hydrogen-bond acceptors (Lipinski definition) is 5. The van der Waals surface area contributed by atoms with Crippen molar-refractivity contribution in [3.05, 3.63) is 393 Å². The highest BCUT2D eigenvalue weighted by Gasteiger charge is 2.36. The standard InChI is InChI=1S/C28H26N3.2C25H26N3.2C24H24N3/c1-16-9-8-12-24-28(16)17(2)13-25(30(24)5)20-14-26-21(19(4)18(20)3)15-27-29-22-10-6-7-11-23(22)31(26)27;2*1-14-8-7-9-21-25(14)15(2)10-22(27(21)6)19-11-23-20(18(5)17(19)4)12-24-26-16(3)13-28(23)24;2*1-14-7-6-8-20-24(14)15(2)11-21(26(20)5)18-12-22-19(17(4)16(18)3)13-23-25-9-10-27(22)23/h6-14H,15H2,1-5H3;2*7-11,13H,12H2,1-6H3;2*6-12H,13H2,1-5H3/q5*+1/i;5D3;;4D3;. The van der Waals surface area contributed by atoms with Gasteiger partial charge < -0.3 is 18.3 Å². The highest BCUT2D eigenvalue weighted by atomic mass is 15.1. The third-order valence-electron chi connectivity index (χ3n) is 32.2. The summed E-state index contributed by atoms with van der Waals surface area (Å²) in [5.41, 5.74) is 57.4. The van der Waals surface area contributed by atoms with Crippen molar-refractivity contribution in [2.45, 2.75) is 184 Å². The summed E-state index contributed by atoms with van der Waals surface area (Å²) in [7, 11) is 10.7. The molecule has 0 saturated heterocycles. The van der Waals surface area contributed by atoms with E-state index < -0.39 is 13.7 Å². The minimum absolute atomic E-state index is 0.461. The quantitative estimate of drug-likeness (QED) is 0.160. The van der Waals surface area contributed by atoms with Gasteiger partial charge in [0.25, 0.3) is 0 Å². The molecule has 0 bridgehead atoms. The fraction of sp³-hybridized carbons (Fsp3) is 0.254. The number of aryl methyl sites for hydroxylation is 17. The van der Waals surface area contributed by atoms with Gasteiger partial charge >= 0.3 is 0 Å². The lowest BCUT2D eigenvalue weighted by atomic mass is 9.92. The van der Waals surface area contributed by atoms with Gasteiger partial charge in [-0.3, -0.25) is 4.57 Å². The first-order valence-electron chi connectivity index (χ1n) is 52.4. The molecule has 0 fully saturated rings. The Morgan fingerprint density at radius 2 is 0.525 bits per heavy atom. The zero-order chi connectivity index (χ0) is 104. The summed E-state index contributed by atoms with van der Waals surface area (Å²) in [6.07, 6.45) is 15.7. The number of benzene rings is 11. The van der Waals surface area contributed by atoms with Crippen molar-refractivity contribution in [2.24, 2.45) is 35.2 Å². The van der Waals surface area contributed by atoms with Crippen molar-refractivity contribution in [3.8, 4) is 84.7 Å². The summed E-state index contributed by atoms with van der Waals surface area (Å²) in [6.45, 7) is 38.9. The third-order valence-corrected chi connectivity index (χ3v) is 32.2. The van der Waals surface area contributed by atoms with Crippen LogP contribution < -0.4 is 22.8 Å². The molecule has 11 aromatic carbocycles. The Morgan fingerprint density at radius 3 is 0.844 bits per heavy atom. The summed E-state index contributed by atoms with van der Waals surface area (Å²) >= 11 is 0. The van der Waals surface area contributed by atoms with Gasteiger partial charge in [0, 0.05) is 138 Å². The summed E-state index contributed by atoms with van der Waals surface area (Å²) in [6, 6.07) is 63.6. The lowest BCUT2D eigenvalue weighted by Gasteiger charge is -2.15. The molecule has 15 heteroatoms. The predicted octanol–water partition coefficient (Wildman–Crippen LogP) is 25.0. The van der Waals surface area contributed by atoms with Crippen LogP contribution in [0.5, 0.6) is 0 Å². The van der Waals surface area contributed by atoms with Crippen molar-refractivity contribution in [1.29, 1.82) is 0 Å². The molecule has 0 unspecified atom stereocenters. The molecule has 0 amide bonds. The second kappa shape index (κ2) is 34.1. The fourth-order valence-corrected chi connectivity index (χ4v) is 24.3. The molecule has 700 valence electrons. The molecule has 0 N–H and O–H groups in total. The molecule has 10 aromatic heterocycles. The molecule has 141 heavy (non-hydrogen) atoms. The Bertz CT molecular complexity index is 9300. The van der Waals surface area contributed by atoms with Crippen molar-refractivity contribution in [2.75, 3.05) is 0 Å². The molecule has 0 atom stereocenters. The van der Waals surface area contributed by atoms with E-state index in [9.17, 15) is 0 Å². The van der Waals surface area contributed by atoms with Gasteiger partial charge in [-0.1, -0.05) is 72.8 Å². The molecule has 15 nitrogen and oxygen atoms in total. The Hall–Kier alpha value is -15.2. The van der Waals surface area contributed by atoms with Gasteiger partial charge in [0.05, 0.1) is 106 Å². The maximum absolute atomic E-state index is 8.30. The molecule has 5 aliphatic rings. The Balaban J connectivity index is 0.000000104. The maximum Gasteiger partial charge on any atom is 0.213 e. The van der Waals surface area contributed by atoms with Gasteiger partial charge in [0.1, 0.15) is 64.4 Å². The van der Waals surface area contributed by atoms with Crippen molar-refractivity contribution >= 4 is 65.5 Å². The number of fused-ring (bicyclic) bond motifs is 22. The van der Waals surface area contributed by atoms with Crippen molar-refractivity contribution < 1.29 is 31.1 Å². The average molecular weight is 1860 g/mol. The molecule has 0 spiro atoms. The summed E-state index contributed by atoms with van der Waals surface area (Å²) in [5.74, 6) is 5.23. The van der Waals surface area contributed by atoms with Crippen LogP contribution in [0, 0.1) is 152 Å². The van der Waals surface area contributed by atoms with Gasteiger partial charge in [-0.25, -0.2) is 24.9 Å². The predicted molar refractivity (Wildman–Crippen MR) is 574 cm³/mol. The van der Waals surface area contributed by atoms with E-state index in [0.717, 1.165) is 132 Å². The Morgan fingerprint density at radius 1 is 0.255 bits per heavy atom. The van der Waals surface area contributed by atoms with E-state index in [-0.39, 0.29) is 0 Å². The van der Waals surface area contributed by atoms with E-state index in [2.05, 4.69) is 397 Å². The van der Waals surface area contributed by atoms with E-state index in [1.807, 2.05) is 43.9 Å². The lowest BCUT2D eigenvalue weighted by Crippen LogP contribution is -2.33. The van der Waals surface area contributed by atoms with Crippen LogP contribution in [0.15, 0.2) is 213 Å². The second-order valence-corrected chi connectivity index (χ2v) is 40.6. The summed E-state index contributed by atoms with van der Waals surface area (Å²) < 4.78 is 72.0. The average Bonchev–Trinajstić information content (AvgIpc) is 1.59. The van der Waals surface area contributed by atoms with Gasteiger partial charge in [-0.15, -0.1) is 0 Å². The van der Waals surface area contributed by atoms with Crippen LogP contribution in [0.3, 0.4) is 0 Å². The van der Waals surface area contributed by atoms with E-state index in [4.69, 9.17) is 18.2 Å². The molecule has 26 rings (SSSR count). The maximum atomic E-state index is 8.30. The number of hydrogen-bond donors (Lipinski definition) is 0. The lowest BCUT2D eigenvalue weighted by molar-refractivity contribution is -0.633. The zero-order valence-corrected chi connectivity index (χ0v) is 86.0. The van der Waals surface area contributed by atoms with Crippen LogP contribution >= 0.6 is 0 Å². The summed E-state index contributed by atoms with van der Waals surface area (Å²) in [4.78, 5) is 23.2. The highest BCUT2D eigenvalue weighted by molar-refractivity contribution is 5.92. The van der Waals surface area contributed by atoms with E-state index in [1.165, 1.54) is 206 Å². The number of nitrogens with zero attached hydrogens (tertiary/aromatic N) is 15. The van der Waals surface area contributed by atoms with Crippen LogP contribution in [-0.4, -0.2) is 47.8 Å². The molecule has 15 heterocycles. The fourth-order valence-electron chi connectivity index (χ4n) is 24.3. The molecule has 5 aliphatic heterocycles. The van der Waals surface area contributed by atoms with Gasteiger partial charge in [0.15, 0.2) is 0 Å². The first kappa shape index (κ1) is 83.9. The number of para-hydroxylation sites is 2. The Labute approximate surface area is 836 Å². The van der Waals surface area contributed by atoms with Crippen molar-refractivity contribution in [3.63, 3.8) is 0 Å². The third kappa shape index (κ3) is 14.4. The van der Waals surface area contributed by atoms with Crippen molar-refractivity contribution in [1.82, 2.24) is 47.8 Å². The topological polar surface area (TPSA) is 108 Å². The Kier molecular flexibility index (Phi) is 20.3. The second-order valence-electron chi connectivity index (χ2n) is 40.6. The molecule has 0 radical (unpaired) electrons. The minimum atomic E-state index is -2.19. The molecular formula is C126H126N15+5. The number of rotatable bonds is 5. The zero-order valence-electron chi connectivity index (χ0n) is 92.0. The number of pyridine rings is 5. The number of imidazole rings is 5. The van der Waals surface area contributed by atoms with Gasteiger partial charge in [-0.2, -0.15) is 22.8 Å². The molecule has 21 aromatic rings. The van der Waals surface area contributed by atoms with E-state index >= 15 is 0 Å². The van der Waals surface area contributed by atoms with Gasteiger partial charge in [0.2, 0.25) is 56.1 Å². The smallest absolute Gasteiger partial charge is 0.213 e. The first-order chi connectivity index (χ1) is 70.0. The minimum Gasteiger partial charge on any atom is -0.303 e. The summed E-state index contributed by atoms with van der Waals surface area (Å²) in [5, 5.41) is 6.56. The van der Waals surface area contributed by atoms with Gasteiger partial charge in [-0.05, 0) is 334 Å². The monoisotopic (exact) mass is 1860 g/mol. The number of aromatic nitrogens is 15. The van der Waals surface area contributed by atoms with Crippen LogP contribution in [0.2, 0.25) is 0 Å².